The number of halogens is 1. The number of sulfone groups is 1. The Balaban J connectivity index is 1.48. The van der Waals surface area contributed by atoms with Crippen LogP contribution in [0.15, 0.2) is 76.5 Å². The summed E-state index contributed by atoms with van der Waals surface area (Å²) >= 11 is 6.16. The Hall–Kier alpha value is -2.70. The summed E-state index contributed by atoms with van der Waals surface area (Å²) in [5.74, 6) is 1.68. The second kappa shape index (κ2) is 7.13. The summed E-state index contributed by atoms with van der Waals surface area (Å²) in [4.78, 5) is 0.473. The molecule has 3 aromatic carbocycles. The maximum Gasteiger partial charge on any atom is 0.231 e. The Morgan fingerprint density at radius 1 is 0.926 bits per heavy atom. The standard InChI is InChI=1S/C20H15ClO5S/c21-18-10-14(11-19-20(18)26-13-25-19)12-24-15-6-8-17(9-7-15)27(22,23)16-4-2-1-3-5-16/h1-11H,12-13H2. The number of rotatable bonds is 5. The predicted octanol–water partition coefficient (Wildman–Crippen LogP) is 4.48. The minimum absolute atomic E-state index is 0.150. The highest BCUT2D eigenvalue weighted by Gasteiger charge is 2.19. The van der Waals surface area contributed by atoms with E-state index in [9.17, 15) is 8.42 Å². The molecule has 0 N–H and O–H groups in total. The molecule has 1 heterocycles. The van der Waals surface area contributed by atoms with Gasteiger partial charge in [-0.1, -0.05) is 29.8 Å². The zero-order valence-electron chi connectivity index (χ0n) is 14.1. The number of benzene rings is 3. The van der Waals surface area contributed by atoms with E-state index in [0.29, 0.717) is 22.3 Å². The summed E-state index contributed by atoms with van der Waals surface area (Å²) in [6, 6.07) is 18.2. The van der Waals surface area contributed by atoms with Gasteiger partial charge in [0.25, 0.3) is 0 Å². The lowest BCUT2D eigenvalue weighted by Crippen LogP contribution is -2.02. The molecule has 0 unspecified atom stereocenters. The minimum atomic E-state index is -3.54. The van der Waals surface area contributed by atoms with Crippen LogP contribution in [0.2, 0.25) is 5.02 Å². The van der Waals surface area contributed by atoms with Crippen molar-refractivity contribution in [3.63, 3.8) is 0 Å². The van der Waals surface area contributed by atoms with Crippen LogP contribution in [-0.2, 0) is 16.4 Å². The van der Waals surface area contributed by atoms with Crippen molar-refractivity contribution in [3.05, 3.63) is 77.3 Å². The molecule has 0 fully saturated rings. The van der Waals surface area contributed by atoms with Crippen molar-refractivity contribution in [2.24, 2.45) is 0 Å². The average Bonchev–Trinajstić information content (AvgIpc) is 3.17. The van der Waals surface area contributed by atoms with E-state index in [1.165, 1.54) is 12.1 Å². The quantitative estimate of drug-likeness (QED) is 0.629. The van der Waals surface area contributed by atoms with Crippen LogP contribution >= 0.6 is 11.6 Å². The molecule has 0 atom stereocenters. The second-order valence-electron chi connectivity index (χ2n) is 5.89. The topological polar surface area (TPSA) is 61.8 Å². The van der Waals surface area contributed by atoms with E-state index < -0.39 is 9.84 Å². The zero-order valence-corrected chi connectivity index (χ0v) is 15.7. The monoisotopic (exact) mass is 402 g/mol. The molecule has 0 bridgehead atoms. The van der Waals surface area contributed by atoms with Crippen molar-refractivity contribution in [2.75, 3.05) is 6.79 Å². The number of ether oxygens (including phenoxy) is 3. The lowest BCUT2D eigenvalue weighted by atomic mass is 10.2. The number of hydrogen-bond acceptors (Lipinski definition) is 5. The predicted molar refractivity (Wildman–Crippen MR) is 100 cm³/mol. The van der Waals surface area contributed by atoms with Gasteiger partial charge in [-0.2, -0.15) is 0 Å². The van der Waals surface area contributed by atoms with Gasteiger partial charge in [0.15, 0.2) is 11.5 Å². The van der Waals surface area contributed by atoms with E-state index >= 15 is 0 Å². The van der Waals surface area contributed by atoms with Gasteiger partial charge in [0, 0.05) is 0 Å². The maximum atomic E-state index is 12.6. The molecule has 4 rings (SSSR count). The Labute approximate surface area is 162 Å². The molecule has 0 saturated carbocycles. The van der Waals surface area contributed by atoms with Crippen molar-refractivity contribution in [1.29, 1.82) is 0 Å². The van der Waals surface area contributed by atoms with Gasteiger partial charge in [-0.3, -0.25) is 0 Å². The molecule has 0 aromatic heterocycles. The molecular formula is C20H15ClO5S. The third-order valence-corrected chi connectivity index (χ3v) is 6.15. The van der Waals surface area contributed by atoms with Gasteiger partial charge < -0.3 is 14.2 Å². The number of fused-ring (bicyclic) bond motifs is 1. The molecule has 3 aromatic rings. The summed E-state index contributed by atoms with van der Waals surface area (Å²) in [5.41, 5.74) is 0.824. The van der Waals surface area contributed by atoms with Crippen LogP contribution in [0.5, 0.6) is 17.2 Å². The minimum Gasteiger partial charge on any atom is -0.489 e. The lowest BCUT2D eigenvalue weighted by molar-refractivity contribution is 0.174. The van der Waals surface area contributed by atoms with Crippen molar-refractivity contribution in [3.8, 4) is 17.2 Å². The van der Waals surface area contributed by atoms with Crippen LogP contribution in [0, 0.1) is 0 Å². The van der Waals surface area contributed by atoms with Crippen molar-refractivity contribution < 1.29 is 22.6 Å². The van der Waals surface area contributed by atoms with Crippen LogP contribution in [-0.4, -0.2) is 15.2 Å². The summed E-state index contributed by atoms with van der Waals surface area (Å²) < 4.78 is 41.5. The Bertz CT molecular complexity index is 1060. The molecule has 0 amide bonds. The van der Waals surface area contributed by atoms with Crippen LogP contribution in [0.25, 0.3) is 0 Å². The first-order chi connectivity index (χ1) is 13.0. The first-order valence-corrected chi connectivity index (χ1v) is 10.0. The van der Waals surface area contributed by atoms with E-state index in [-0.39, 0.29) is 23.2 Å². The lowest BCUT2D eigenvalue weighted by Gasteiger charge is -2.09. The van der Waals surface area contributed by atoms with Gasteiger partial charge >= 0.3 is 0 Å². The smallest absolute Gasteiger partial charge is 0.231 e. The first-order valence-electron chi connectivity index (χ1n) is 8.15. The first kappa shape index (κ1) is 17.7. The molecule has 0 aliphatic carbocycles. The summed E-state index contributed by atoms with van der Waals surface area (Å²) in [5, 5.41) is 0.466. The molecule has 1 aliphatic heterocycles. The Morgan fingerprint density at radius 2 is 1.63 bits per heavy atom. The van der Waals surface area contributed by atoms with Gasteiger partial charge in [0.2, 0.25) is 16.6 Å². The van der Waals surface area contributed by atoms with Gasteiger partial charge in [0.05, 0.1) is 14.8 Å². The SMILES string of the molecule is O=S(=O)(c1ccccc1)c1ccc(OCc2cc(Cl)c3c(c2)OCO3)cc1. The highest BCUT2D eigenvalue weighted by Crippen LogP contribution is 2.40. The van der Waals surface area contributed by atoms with E-state index in [4.69, 9.17) is 25.8 Å². The third-order valence-electron chi connectivity index (χ3n) is 4.08. The van der Waals surface area contributed by atoms with Crippen molar-refractivity contribution in [2.45, 2.75) is 16.4 Å². The molecule has 5 nitrogen and oxygen atoms in total. The fourth-order valence-corrected chi connectivity index (χ4v) is 4.29. The fourth-order valence-electron chi connectivity index (χ4n) is 2.72. The largest absolute Gasteiger partial charge is 0.489 e. The van der Waals surface area contributed by atoms with Crippen molar-refractivity contribution >= 4 is 21.4 Å². The van der Waals surface area contributed by atoms with Crippen LogP contribution < -0.4 is 14.2 Å². The van der Waals surface area contributed by atoms with Gasteiger partial charge in [0.1, 0.15) is 12.4 Å². The molecule has 0 spiro atoms. The van der Waals surface area contributed by atoms with E-state index in [0.717, 1.165) is 5.56 Å². The zero-order chi connectivity index (χ0) is 18.9. The molecule has 27 heavy (non-hydrogen) atoms. The maximum absolute atomic E-state index is 12.6. The van der Waals surface area contributed by atoms with Crippen LogP contribution in [0.1, 0.15) is 5.56 Å². The molecule has 1 aliphatic rings. The molecular weight excluding hydrogens is 388 g/mol. The van der Waals surface area contributed by atoms with E-state index in [2.05, 4.69) is 0 Å². The van der Waals surface area contributed by atoms with Gasteiger partial charge in [-0.25, -0.2) is 8.42 Å². The van der Waals surface area contributed by atoms with Crippen LogP contribution in [0.4, 0.5) is 0 Å². The highest BCUT2D eigenvalue weighted by atomic mass is 35.5. The average molecular weight is 403 g/mol. The van der Waals surface area contributed by atoms with Crippen molar-refractivity contribution in [1.82, 2.24) is 0 Å². The molecule has 138 valence electrons. The normalized spacial score (nSPS) is 12.8. The Kier molecular flexibility index (Phi) is 4.68. The van der Waals surface area contributed by atoms with E-state index in [1.807, 2.05) is 6.07 Å². The second-order valence-corrected chi connectivity index (χ2v) is 8.24. The van der Waals surface area contributed by atoms with E-state index in [1.54, 1.807) is 48.5 Å². The molecule has 0 radical (unpaired) electrons. The van der Waals surface area contributed by atoms with Gasteiger partial charge in [-0.15, -0.1) is 0 Å². The third kappa shape index (κ3) is 3.59. The summed E-state index contributed by atoms with van der Waals surface area (Å²) in [7, 11) is -3.54. The van der Waals surface area contributed by atoms with Crippen LogP contribution in [0.3, 0.4) is 0 Å². The number of hydrogen-bond donors (Lipinski definition) is 0. The molecule has 7 heteroatoms. The highest BCUT2D eigenvalue weighted by molar-refractivity contribution is 7.91. The summed E-state index contributed by atoms with van der Waals surface area (Å²) in [6.45, 7) is 0.415. The molecule has 0 saturated heterocycles. The summed E-state index contributed by atoms with van der Waals surface area (Å²) in [6.07, 6.45) is 0. The fraction of sp³-hybridized carbons (Fsp3) is 0.100. The Morgan fingerprint density at radius 3 is 2.37 bits per heavy atom. The van der Waals surface area contributed by atoms with Gasteiger partial charge in [-0.05, 0) is 54.1 Å².